The molecule has 2 fully saturated rings. The van der Waals surface area contributed by atoms with E-state index in [1.165, 1.54) is 0 Å². The Hall–Kier alpha value is -4.00. The Bertz CT molecular complexity index is 1530. The zero-order valence-corrected chi connectivity index (χ0v) is 21.3. The molecule has 3 aliphatic heterocycles. The van der Waals surface area contributed by atoms with Gasteiger partial charge in [-0.05, 0) is 54.6 Å². The van der Waals surface area contributed by atoms with Crippen LogP contribution in [0.5, 0.6) is 0 Å². The van der Waals surface area contributed by atoms with Gasteiger partial charge in [0.2, 0.25) is 11.8 Å². The van der Waals surface area contributed by atoms with Crippen LogP contribution in [-0.4, -0.2) is 40.4 Å². The first-order valence-electron chi connectivity index (χ1n) is 12.1. The Kier molecular flexibility index (Phi) is 6.01. The summed E-state index contributed by atoms with van der Waals surface area (Å²) in [6.45, 7) is 0. The monoisotopic (exact) mass is 542 g/mol. The Morgan fingerprint density at radius 2 is 1.32 bits per heavy atom. The second-order valence-corrected chi connectivity index (χ2v) is 10.3. The third-order valence-electron chi connectivity index (χ3n) is 7.33. The number of nitrogens with zero attached hydrogens (tertiary/aromatic N) is 2. The smallest absolute Gasteiger partial charge is 0.240 e. The summed E-state index contributed by atoms with van der Waals surface area (Å²) >= 11 is 12.0. The molecule has 2 saturated heterocycles. The number of fused-ring (bicyclic) bond motifs is 3. The van der Waals surface area contributed by atoms with Gasteiger partial charge >= 0.3 is 0 Å². The van der Waals surface area contributed by atoms with E-state index < -0.39 is 35.7 Å². The van der Waals surface area contributed by atoms with Gasteiger partial charge < -0.3 is 4.90 Å². The molecule has 0 radical (unpaired) electrons. The number of carbonyl (C=O) groups is 4. The molecule has 0 spiro atoms. The van der Waals surface area contributed by atoms with E-state index in [4.69, 9.17) is 23.2 Å². The molecule has 3 heterocycles. The molecule has 0 aromatic heterocycles. The van der Waals surface area contributed by atoms with Gasteiger partial charge in [-0.3, -0.25) is 19.2 Å². The third-order valence-corrected chi connectivity index (χ3v) is 7.83. The molecule has 188 valence electrons. The number of Topliss-reactive ketones (excluding diaryl/α,β-unsaturated/α-hetero) is 2. The number of rotatable bonds is 5. The summed E-state index contributed by atoms with van der Waals surface area (Å²) in [5, 5.41) is 0.953. The SMILES string of the molecule is O=C(C1=C[C@@H]2[C@@H]3C(=O)N(c4ccc(Cl)cc4)C(=O)[C@H]3[C@@H](C(=O)c3ccc(Cl)cc3)N2C=C1)c1ccccc1. The van der Waals surface area contributed by atoms with E-state index >= 15 is 0 Å². The first kappa shape index (κ1) is 24.3. The van der Waals surface area contributed by atoms with Gasteiger partial charge in [-0.2, -0.15) is 0 Å². The lowest BCUT2D eigenvalue weighted by Gasteiger charge is -2.32. The third kappa shape index (κ3) is 3.88. The van der Waals surface area contributed by atoms with Crippen LogP contribution in [0.15, 0.2) is 103 Å². The molecular formula is C30H20Cl2N2O4. The zero-order chi connectivity index (χ0) is 26.6. The van der Waals surface area contributed by atoms with Gasteiger partial charge in [0.15, 0.2) is 11.6 Å². The molecule has 3 aromatic carbocycles. The standard InChI is InChI=1S/C30H20Cl2N2O4/c31-20-8-6-18(7-9-20)28(36)26-25-24(29(37)34(30(25)38)22-12-10-21(32)11-13-22)23-16-19(14-15-33(23)26)27(35)17-4-2-1-3-5-17/h1-16,23-26H/t23-,24+,25-,26+/m1/s1. The average molecular weight is 543 g/mol. The largest absolute Gasteiger partial charge is 0.359 e. The molecule has 0 saturated carbocycles. The maximum atomic E-state index is 13.8. The van der Waals surface area contributed by atoms with Crippen molar-refractivity contribution in [1.82, 2.24) is 4.90 Å². The minimum atomic E-state index is -0.932. The van der Waals surface area contributed by atoms with Crippen molar-refractivity contribution in [1.29, 1.82) is 0 Å². The Balaban J connectivity index is 1.43. The van der Waals surface area contributed by atoms with Crippen molar-refractivity contribution >= 4 is 52.3 Å². The van der Waals surface area contributed by atoms with Crippen molar-refractivity contribution in [3.05, 3.63) is 124 Å². The summed E-state index contributed by atoms with van der Waals surface area (Å²) in [7, 11) is 0. The van der Waals surface area contributed by atoms with E-state index in [1.807, 2.05) is 6.07 Å². The predicted molar refractivity (Wildman–Crippen MR) is 144 cm³/mol. The van der Waals surface area contributed by atoms with E-state index in [2.05, 4.69) is 0 Å². The molecule has 4 atom stereocenters. The van der Waals surface area contributed by atoms with Gasteiger partial charge in [-0.25, -0.2) is 4.90 Å². The quantitative estimate of drug-likeness (QED) is 0.320. The van der Waals surface area contributed by atoms with Crippen LogP contribution in [0.25, 0.3) is 0 Å². The van der Waals surface area contributed by atoms with Gasteiger partial charge in [0.25, 0.3) is 0 Å². The van der Waals surface area contributed by atoms with Gasteiger partial charge in [0.05, 0.1) is 23.6 Å². The number of imide groups is 1. The minimum Gasteiger partial charge on any atom is -0.359 e. The minimum absolute atomic E-state index is 0.197. The first-order valence-corrected chi connectivity index (χ1v) is 12.8. The molecule has 6 nitrogen and oxygen atoms in total. The number of amides is 2. The van der Waals surface area contributed by atoms with Crippen LogP contribution in [0, 0.1) is 11.8 Å². The summed E-state index contributed by atoms with van der Waals surface area (Å²) in [6.07, 6.45) is 5.00. The summed E-state index contributed by atoms with van der Waals surface area (Å²) in [5.74, 6) is -3.14. The molecular weight excluding hydrogens is 523 g/mol. The lowest BCUT2D eigenvalue weighted by atomic mass is 9.85. The van der Waals surface area contributed by atoms with Crippen molar-refractivity contribution in [3.8, 4) is 0 Å². The first-order chi connectivity index (χ1) is 18.3. The Labute approximate surface area is 228 Å². The highest BCUT2D eigenvalue weighted by atomic mass is 35.5. The summed E-state index contributed by atoms with van der Waals surface area (Å²) in [4.78, 5) is 57.6. The average Bonchev–Trinajstić information content (AvgIpc) is 3.41. The van der Waals surface area contributed by atoms with E-state index in [0.717, 1.165) is 4.90 Å². The number of allylic oxidation sites excluding steroid dienone is 2. The highest BCUT2D eigenvalue weighted by Crippen LogP contribution is 2.47. The molecule has 2 amide bonds. The number of anilines is 1. The Morgan fingerprint density at radius 1 is 0.711 bits per heavy atom. The number of benzene rings is 3. The Morgan fingerprint density at radius 3 is 1.97 bits per heavy atom. The molecule has 0 aliphatic carbocycles. The maximum absolute atomic E-state index is 13.8. The maximum Gasteiger partial charge on any atom is 0.240 e. The number of carbonyl (C=O) groups excluding carboxylic acids is 4. The lowest BCUT2D eigenvalue weighted by molar-refractivity contribution is -0.123. The highest BCUT2D eigenvalue weighted by molar-refractivity contribution is 6.31. The van der Waals surface area contributed by atoms with Gasteiger partial charge in [-0.1, -0.05) is 59.6 Å². The van der Waals surface area contributed by atoms with Crippen molar-refractivity contribution in [2.24, 2.45) is 11.8 Å². The van der Waals surface area contributed by atoms with Gasteiger partial charge in [0.1, 0.15) is 6.04 Å². The van der Waals surface area contributed by atoms with Crippen LogP contribution in [0.1, 0.15) is 20.7 Å². The predicted octanol–water partition coefficient (Wildman–Crippen LogP) is 5.37. The van der Waals surface area contributed by atoms with Crippen LogP contribution in [0.2, 0.25) is 10.0 Å². The van der Waals surface area contributed by atoms with E-state index in [1.54, 1.807) is 96.0 Å². The summed E-state index contributed by atoms with van der Waals surface area (Å²) in [5.41, 5.74) is 1.68. The number of ketones is 2. The normalized spacial score (nSPS) is 23.8. The number of hydrogen-bond acceptors (Lipinski definition) is 5. The number of halogens is 2. The molecule has 0 unspecified atom stereocenters. The second kappa shape index (κ2) is 9.39. The molecule has 3 aliphatic rings. The van der Waals surface area contributed by atoms with E-state index in [-0.39, 0.29) is 11.6 Å². The topological polar surface area (TPSA) is 74.8 Å². The number of hydrogen-bond donors (Lipinski definition) is 0. The van der Waals surface area contributed by atoms with Crippen molar-refractivity contribution in [2.45, 2.75) is 12.1 Å². The van der Waals surface area contributed by atoms with Crippen molar-refractivity contribution < 1.29 is 19.2 Å². The second-order valence-electron chi connectivity index (χ2n) is 9.43. The molecule has 3 aromatic rings. The fourth-order valence-corrected chi connectivity index (χ4v) is 5.84. The summed E-state index contributed by atoms with van der Waals surface area (Å²) < 4.78 is 0. The van der Waals surface area contributed by atoms with Crippen LogP contribution >= 0.6 is 23.2 Å². The van der Waals surface area contributed by atoms with E-state index in [0.29, 0.717) is 32.4 Å². The molecule has 0 bridgehead atoms. The zero-order valence-electron chi connectivity index (χ0n) is 19.8. The fraction of sp³-hybridized carbons (Fsp3) is 0.133. The van der Waals surface area contributed by atoms with E-state index in [9.17, 15) is 19.2 Å². The van der Waals surface area contributed by atoms with Gasteiger partial charge in [0, 0.05) is 32.9 Å². The lowest BCUT2D eigenvalue weighted by Crippen LogP contribution is -2.46. The molecule has 38 heavy (non-hydrogen) atoms. The van der Waals surface area contributed by atoms with Crippen LogP contribution in [0.3, 0.4) is 0 Å². The molecule has 8 heteroatoms. The molecule has 0 N–H and O–H groups in total. The molecule has 6 rings (SSSR count). The van der Waals surface area contributed by atoms with Crippen molar-refractivity contribution in [2.75, 3.05) is 4.90 Å². The highest BCUT2D eigenvalue weighted by Gasteiger charge is 2.63. The fourth-order valence-electron chi connectivity index (χ4n) is 5.58. The van der Waals surface area contributed by atoms with Crippen LogP contribution in [-0.2, 0) is 9.59 Å². The summed E-state index contributed by atoms with van der Waals surface area (Å²) in [6, 6.07) is 20.1. The van der Waals surface area contributed by atoms with Crippen LogP contribution in [0.4, 0.5) is 5.69 Å². The van der Waals surface area contributed by atoms with Crippen molar-refractivity contribution in [3.63, 3.8) is 0 Å². The van der Waals surface area contributed by atoms with Crippen LogP contribution < -0.4 is 4.90 Å². The van der Waals surface area contributed by atoms with Gasteiger partial charge in [-0.15, -0.1) is 0 Å².